The Labute approximate surface area is 195 Å². The van der Waals surface area contributed by atoms with Crippen LogP contribution in [0.2, 0.25) is 0 Å². The lowest BCUT2D eigenvalue weighted by atomic mass is 9.90. The monoisotopic (exact) mass is 448 g/mol. The Morgan fingerprint density at radius 2 is 2.03 bits per heavy atom. The van der Waals surface area contributed by atoms with E-state index in [0.29, 0.717) is 12.5 Å². The van der Waals surface area contributed by atoms with Crippen LogP contribution in [0.25, 0.3) is 11.1 Å². The highest BCUT2D eigenvalue weighted by Crippen LogP contribution is 2.34. The highest BCUT2D eigenvalue weighted by Gasteiger charge is 2.28. The molecule has 8 heteroatoms. The number of aromatic nitrogens is 4. The molecule has 1 aliphatic heterocycles. The molecule has 2 aromatic heterocycles. The van der Waals surface area contributed by atoms with Crippen molar-refractivity contribution in [3.05, 3.63) is 54.6 Å². The summed E-state index contributed by atoms with van der Waals surface area (Å²) in [4.78, 5) is 26.3. The van der Waals surface area contributed by atoms with Gasteiger partial charge in [-0.15, -0.1) is 0 Å². The largest absolute Gasteiger partial charge is 0.491 e. The fourth-order valence-electron chi connectivity index (χ4n) is 4.18. The Morgan fingerprint density at radius 1 is 1.24 bits per heavy atom. The molecule has 1 aliphatic rings. The third-order valence-electron chi connectivity index (χ3n) is 5.76. The highest BCUT2D eigenvalue weighted by atomic mass is 16.5. The van der Waals surface area contributed by atoms with E-state index < -0.39 is 0 Å². The number of nitrogens with zero attached hydrogens (tertiary/aromatic N) is 6. The molecule has 1 amide bonds. The first-order chi connectivity index (χ1) is 15.9. The lowest BCUT2D eigenvalue weighted by Crippen LogP contribution is -2.41. The number of piperidine rings is 1. The third kappa shape index (κ3) is 5.50. The van der Waals surface area contributed by atoms with Crippen LogP contribution < -0.4 is 9.64 Å². The second-order valence-corrected chi connectivity index (χ2v) is 8.94. The number of amides is 1. The molecule has 33 heavy (non-hydrogen) atoms. The zero-order valence-electron chi connectivity index (χ0n) is 19.8. The van der Waals surface area contributed by atoms with Gasteiger partial charge in [-0.05, 0) is 50.5 Å². The molecule has 0 N–H and O–H groups in total. The SMILES string of the molecule is CC(C)Oc1ccc(-c2cnc(N(C)C)nc2[C@@H]2CCCN(C(=O)Cn3cccn3)C2)cc1. The van der Waals surface area contributed by atoms with Crippen molar-refractivity contribution >= 4 is 11.9 Å². The normalized spacial score (nSPS) is 16.2. The number of carbonyl (C=O) groups is 1. The van der Waals surface area contributed by atoms with E-state index in [1.54, 1.807) is 10.9 Å². The summed E-state index contributed by atoms with van der Waals surface area (Å²) in [5, 5.41) is 4.17. The summed E-state index contributed by atoms with van der Waals surface area (Å²) in [6.07, 6.45) is 7.47. The summed E-state index contributed by atoms with van der Waals surface area (Å²) in [7, 11) is 3.88. The number of hydrogen-bond donors (Lipinski definition) is 0. The van der Waals surface area contributed by atoms with E-state index in [-0.39, 0.29) is 24.5 Å². The summed E-state index contributed by atoms with van der Waals surface area (Å²) < 4.78 is 7.47. The maximum absolute atomic E-state index is 12.9. The van der Waals surface area contributed by atoms with E-state index in [4.69, 9.17) is 9.72 Å². The average Bonchev–Trinajstić information content (AvgIpc) is 3.32. The van der Waals surface area contributed by atoms with Crippen molar-refractivity contribution < 1.29 is 9.53 Å². The third-order valence-corrected chi connectivity index (χ3v) is 5.76. The minimum Gasteiger partial charge on any atom is -0.491 e. The van der Waals surface area contributed by atoms with E-state index in [1.165, 1.54) is 0 Å². The molecule has 0 aliphatic carbocycles. The Morgan fingerprint density at radius 3 is 2.70 bits per heavy atom. The summed E-state index contributed by atoms with van der Waals surface area (Å²) in [6.45, 7) is 5.70. The Balaban J connectivity index is 1.61. The van der Waals surface area contributed by atoms with E-state index >= 15 is 0 Å². The van der Waals surface area contributed by atoms with Crippen LogP contribution in [0.4, 0.5) is 5.95 Å². The molecular weight excluding hydrogens is 416 g/mol. The summed E-state index contributed by atoms with van der Waals surface area (Å²) >= 11 is 0. The molecule has 174 valence electrons. The lowest BCUT2D eigenvalue weighted by Gasteiger charge is -2.33. The van der Waals surface area contributed by atoms with Crippen molar-refractivity contribution in [1.82, 2.24) is 24.6 Å². The minimum atomic E-state index is 0.0852. The quantitative estimate of drug-likeness (QED) is 0.550. The molecule has 8 nitrogen and oxygen atoms in total. The van der Waals surface area contributed by atoms with Crippen LogP contribution in [0.3, 0.4) is 0 Å². The van der Waals surface area contributed by atoms with Crippen LogP contribution in [0.15, 0.2) is 48.9 Å². The van der Waals surface area contributed by atoms with Crippen LogP contribution >= 0.6 is 0 Å². The number of carbonyl (C=O) groups excluding carboxylic acids is 1. The molecule has 1 atom stereocenters. The number of ether oxygens (including phenoxy) is 1. The molecule has 0 bridgehead atoms. The predicted octanol–water partition coefficient (Wildman–Crippen LogP) is 3.60. The molecule has 0 radical (unpaired) electrons. The molecule has 0 unspecified atom stereocenters. The topological polar surface area (TPSA) is 76.4 Å². The van der Waals surface area contributed by atoms with Gasteiger partial charge in [-0.25, -0.2) is 9.97 Å². The highest BCUT2D eigenvalue weighted by molar-refractivity contribution is 5.76. The van der Waals surface area contributed by atoms with Crippen molar-refractivity contribution in [1.29, 1.82) is 0 Å². The molecule has 1 saturated heterocycles. The molecule has 1 aromatic carbocycles. The van der Waals surface area contributed by atoms with Crippen molar-refractivity contribution in [2.24, 2.45) is 0 Å². The van der Waals surface area contributed by atoms with Gasteiger partial charge in [0, 0.05) is 57.3 Å². The zero-order chi connectivity index (χ0) is 23.4. The van der Waals surface area contributed by atoms with Crippen LogP contribution in [-0.2, 0) is 11.3 Å². The van der Waals surface area contributed by atoms with Gasteiger partial charge in [-0.1, -0.05) is 12.1 Å². The van der Waals surface area contributed by atoms with Crippen molar-refractivity contribution in [3.63, 3.8) is 0 Å². The van der Waals surface area contributed by atoms with Crippen molar-refractivity contribution in [3.8, 4) is 16.9 Å². The van der Waals surface area contributed by atoms with Crippen LogP contribution in [0.1, 0.15) is 38.3 Å². The second kappa shape index (κ2) is 10.0. The summed E-state index contributed by atoms with van der Waals surface area (Å²) in [6, 6.07) is 9.91. The van der Waals surface area contributed by atoms with Crippen LogP contribution in [0.5, 0.6) is 5.75 Å². The molecule has 1 fully saturated rings. The van der Waals surface area contributed by atoms with Gasteiger partial charge in [0.1, 0.15) is 12.3 Å². The van der Waals surface area contributed by atoms with E-state index in [0.717, 1.165) is 42.0 Å². The maximum Gasteiger partial charge on any atom is 0.244 e. The summed E-state index contributed by atoms with van der Waals surface area (Å²) in [5.74, 6) is 1.74. The standard InChI is InChI=1S/C25H32N6O2/c1-18(2)33-21-10-8-19(9-11-21)22-15-26-25(29(3)4)28-24(22)20-7-5-13-30(16-20)23(32)17-31-14-6-12-27-31/h6,8-12,14-15,18,20H,5,7,13,16-17H2,1-4H3/t20-/m1/s1. The molecule has 3 aromatic rings. The maximum atomic E-state index is 12.9. The number of rotatable bonds is 7. The Kier molecular flexibility index (Phi) is 6.91. The van der Waals surface area contributed by atoms with Gasteiger partial charge in [-0.3, -0.25) is 9.48 Å². The first kappa shape index (κ1) is 22.8. The molecule has 0 saturated carbocycles. The minimum absolute atomic E-state index is 0.0852. The van der Waals surface area contributed by atoms with E-state index in [2.05, 4.69) is 22.2 Å². The molecule has 4 rings (SSSR count). The molecule has 3 heterocycles. The number of benzene rings is 1. The zero-order valence-corrected chi connectivity index (χ0v) is 19.8. The fourth-order valence-corrected chi connectivity index (χ4v) is 4.18. The first-order valence-corrected chi connectivity index (χ1v) is 11.5. The predicted molar refractivity (Wildman–Crippen MR) is 128 cm³/mol. The van der Waals surface area contributed by atoms with Crippen molar-refractivity contribution in [2.75, 3.05) is 32.1 Å². The van der Waals surface area contributed by atoms with Gasteiger partial charge < -0.3 is 14.5 Å². The average molecular weight is 449 g/mol. The van der Waals surface area contributed by atoms with Gasteiger partial charge in [-0.2, -0.15) is 5.10 Å². The van der Waals surface area contributed by atoms with Gasteiger partial charge in [0.05, 0.1) is 11.8 Å². The van der Waals surface area contributed by atoms with Gasteiger partial charge in [0.25, 0.3) is 0 Å². The Hall–Kier alpha value is -3.42. The van der Waals surface area contributed by atoms with Crippen molar-refractivity contribution in [2.45, 2.75) is 45.3 Å². The lowest BCUT2D eigenvalue weighted by molar-refractivity contribution is -0.133. The van der Waals surface area contributed by atoms with Gasteiger partial charge in [0.15, 0.2) is 0 Å². The number of anilines is 1. The van der Waals surface area contributed by atoms with Gasteiger partial charge in [0.2, 0.25) is 11.9 Å². The van der Waals surface area contributed by atoms with E-state index in [1.807, 2.05) is 68.3 Å². The van der Waals surface area contributed by atoms with Crippen LogP contribution in [-0.4, -0.2) is 63.8 Å². The second-order valence-electron chi connectivity index (χ2n) is 8.94. The molecular formula is C25H32N6O2. The number of hydrogen-bond acceptors (Lipinski definition) is 6. The van der Waals surface area contributed by atoms with Crippen LogP contribution in [0, 0.1) is 0 Å². The smallest absolute Gasteiger partial charge is 0.244 e. The molecule has 0 spiro atoms. The fraction of sp³-hybridized carbons (Fsp3) is 0.440. The van der Waals surface area contributed by atoms with Gasteiger partial charge >= 0.3 is 0 Å². The number of likely N-dealkylation sites (tertiary alicyclic amines) is 1. The van der Waals surface area contributed by atoms with E-state index in [9.17, 15) is 4.79 Å². The summed E-state index contributed by atoms with van der Waals surface area (Å²) in [5.41, 5.74) is 3.04. The first-order valence-electron chi connectivity index (χ1n) is 11.5. The Bertz CT molecular complexity index is 1060.